The lowest BCUT2D eigenvalue weighted by Gasteiger charge is -2.23. The van der Waals surface area contributed by atoms with Crippen LogP contribution in [0.5, 0.6) is 0 Å². The van der Waals surface area contributed by atoms with Gasteiger partial charge in [0.1, 0.15) is 6.04 Å². The smallest absolute Gasteiger partial charge is 0.326 e. The van der Waals surface area contributed by atoms with E-state index in [1.54, 1.807) is 11.8 Å². The van der Waals surface area contributed by atoms with Crippen LogP contribution in [0.4, 0.5) is 0 Å². The predicted octanol–water partition coefficient (Wildman–Crippen LogP) is 0.526. The number of rotatable bonds is 3. The fourth-order valence-corrected chi connectivity index (χ4v) is 1.08. The van der Waals surface area contributed by atoms with Crippen LogP contribution in [0, 0.1) is 0 Å². The first kappa shape index (κ1) is 8.90. The highest BCUT2D eigenvalue weighted by molar-refractivity contribution is 5.73. The zero-order valence-electron chi connectivity index (χ0n) is 7.40. The summed E-state index contributed by atoms with van der Waals surface area (Å²) in [5.74, 6) is -0.780. The fraction of sp³-hybridized carbons (Fsp3) is 0.625. The van der Waals surface area contributed by atoms with Crippen molar-refractivity contribution in [3.05, 3.63) is 12.4 Å². The molecule has 0 spiro atoms. The lowest BCUT2D eigenvalue weighted by molar-refractivity contribution is -0.141. The zero-order valence-corrected chi connectivity index (χ0v) is 7.40. The molecule has 4 nitrogen and oxygen atoms in total. The molecule has 0 fully saturated rings. The topological polar surface area (TPSA) is 43.8 Å². The van der Waals surface area contributed by atoms with Crippen LogP contribution in [0.3, 0.4) is 0 Å². The van der Waals surface area contributed by atoms with Gasteiger partial charge in [-0.1, -0.05) is 0 Å². The Labute approximate surface area is 72.1 Å². The summed E-state index contributed by atoms with van der Waals surface area (Å²) in [6.45, 7) is 5.33. The van der Waals surface area contributed by atoms with E-state index in [1.165, 1.54) is 0 Å². The van der Waals surface area contributed by atoms with Crippen molar-refractivity contribution < 1.29 is 9.90 Å². The minimum absolute atomic E-state index is 0.433. The molecule has 0 amide bonds. The van der Waals surface area contributed by atoms with Crippen molar-refractivity contribution in [2.75, 3.05) is 13.2 Å². The Morgan fingerprint density at radius 2 is 2.33 bits per heavy atom. The molecule has 4 heteroatoms. The summed E-state index contributed by atoms with van der Waals surface area (Å²) in [6.07, 6.45) is 3.74. The summed E-state index contributed by atoms with van der Waals surface area (Å²) < 4.78 is 0. The van der Waals surface area contributed by atoms with E-state index in [0.717, 1.165) is 6.54 Å². The maximum absolute atomic E-state index is 10.6. The minimum Gasteiger partial charge on any atom is -0.480 e. The first-order valence-electron chi connectivity index (χ1n) is 4.06. The van der Waals surface area contributed by atoms with Gasteiger partial charge >= 0.3 is 5.97 Å². The van der Waals surface area contributed by atoms with Gasteiger partial charge in [0.15, 0.2) is 0 Å². The Kier molecular flexibility index (Phi) is 2.58. The summed E-state index contributed by atoms with van der Waals surface area (Å²) in [5.41, 5.74) is 0. The largest absolute Gasteiger partial charge is 0.480 e. The quantitative estimate of drug-likeness (QED) is 0.671. The molecule has 1 N–H and O–H groups in total. The zero-order chi connectivity index (χ0) is 9.14. The number of carbonyl (C=O) groups is 1. The third-order valence-corrected chi connectivity index (χ3v) is 2.07. The average Bonchev–Trinajstić information content (AvgIpc) is 2.50. The van der Waals surface area contributed by atoms with E-state index in [1.807, 2.05) is 19.3 Å². The molecule has 0 aromatic heterocycles. The van der Waals surface area contributed by atoms with E-state index in [4.69, 9.17) is 5.11 Å². The molecule has 12 heavy (non-hydrogen) atoms. The normalized spacial score (nSPS) is 18.5. The van der Waals surface area contributed by atoms with Gasteiger partial charge < -0.3 is 14.9 Å². The first-order chi connectivity index (χ1) is 5.65. The fourth-order valence-electron chi connectivity index (χ4n) is 1.08. The average molecular weight is 170 g/mol. The number of aliphatic carboxylic acids is 1. The molecule has 0 aliphatic carbocycles. The molecule has 1 atom stereocenters. The van der Waals surface area contributed by atoms with Crippen LogP contribution < -0.4 is 0 Å². The van der Waals surface area contributed by atoms with Crippen molar-refractivity contribution >= 4 is 5.97 Å². The van der Waals surface area contributed by atoms with Crippen LogP contribution in [-0.4, -0.2) is 40.1 Å². The van der Waals surface area contributed by atoms with Crippen molar-refractivity contribution in [3.63, 3.8) is 0 Å². The van der Waals surface area contributed by atoms with Crippen molar-refractivity contribution in [2.45, 2.75) is 19.9 Å². The van der Waals surface area contributed by atoms with Crippen LogP contribution in [-0.2, 0) is 4.79 Å². The molecule has 1 aliphatic heterocycles. The van der Waals surface area contributed by atoms with Crippen LogP contribution in [0.1, 0.15) is 13.8 Å². The number of carboxylic acids is 1. The van der Waals surface area contributed by atoms with Gasteiger partial charge in [-0.15, -0.1) is 0 Å². The number of hydrogen-bond acceptors (Lipinski definition) is 3. The van der Waals surface area contributed by atoms with Gasteiger partial charge in [-0.2, -0.15) is 0 Å². The van der Waals surface area contributed by atoms with Crippen LogP contribution in [0.15, 0.2) is 12.4 Å². The van der Waals surface area contributed by atoms with Gasteiger partial charge in [-0.05, 0) is 13.8 Å². The third kappa shape index (κ3) is 1.69. The van der Waals surface area contributed by atoms with Crippen LogP contribution >= 0.6 is 0 Å². The molecule has 0 radical (unpaired) electrons. The van der Waals surface area contributed by atoms with Gasteiger partial charge in [0.2, 0.25) is 0 Å². The highest BCUT2D eigenvalue weighted by Crippen LogP contribution is 2.09. The first-order valence-corrected chi connectivity index (χ1v) is 4.06. The SMILES string of the molecule is CCN1C=CN(C(C)C(=O)O)C1. The minimum atomic E-state index is -0.780. The molecule has 0 saturated heterocycles. The van der Waals surface area contributed by atoms with Gasteiger partial charge in [-0.25, -0.2) is 4.79 Å². The van der Waals surface area contributed by atoms with E-state index in [-0.39, 0.29) is 0 Å². The Morgan fingerprint density at radius 3 is 2.75 bits per heavy atom. The van der Waals surface area contributed by atoms with Crippen molar-refractivity contribution in [1.82, 2.24) is 9.80 Å². The van der Waals surface area contributed by atoms with Crippen LogP contribution in [0.2, 0.25) is 0 Å². The number of carboxylic acid groups (broad SMARTS) is 1. The molecule has 0 saturated carbocycles. The van der Waals surface area contributed by atoms with Crippen molar-refractivity contribution in [2.24, 2.45) is 0 Å². The molecule has 1 unspecified atom stereocenters. The van der Waals surface area contributed by atoms with Gasteiger partial charge in [0.05, 0.1) is 6.67 Å². The van der Waals surface area contributed by atoms with E-state index in [9.17, 15) is 4.79 Å². The molecule has 0 aromatic rings. The summed E-state index contributed by atoms with van der Waals surface area (Å²) >= 11 is 0. The molecular formula is C8H14N2O2. The molecule has 1 heterocycles. The second-order valence-electron chi connectivity index (χ2n) is 2.87. The number of nitrogens with zero attached hydrogens (tertiary/aromatic N) is 2. The van der Waals surface area contributed by atoms with Crippen LogP contribution in [0.25, 0.3) is 0 Å². The second kappa shape index (κ2) is 3.47. The van der Waals surface area contributed by atoms with E-state index >= 15 is 0 Å². The summed E-state index contributed by atoms with van der Waals surface area (Å²) in [6, 6.07) is -0.433. The van der Waals surface area contributed by atoms with E-state index < -0.39 is 12.0 Å². The van der Waals surface area contributed by atoms with Gasteiger partial charge in [0.25, 0.3) is 0 Å². The highest BCUT2D eigenvalue weighted by atomic mass is 16.4. The Morgan fingerprint density at radius 1 is 1.67 bits per heavy atom. The van der Waals surface area contributed by atoms with E-state index in [0.29, 0.717) is 6.67 Å². The molecule has 68 valence electrons. The van der Waals surface area contributed by atoms with Crippen molar-refractivity contribution in [1.29, 1.82) is 0 Å². The Balaban J connectivity index is 2.48. The Hall–Kier alpha value is -1.19. The predicted molar refractivity (Wildman–Crippen MR) is 45.3 cm³/mol. The summed E-state index contributed by atoms with van der Waals surface area (Å²) in [4.78, 5) is 14.4. The lowest BCUT2D eigenvalue weighted by Crippen LogP contribution is -2.37. The monoisotopic (exact) mass is 170 g/mol. The molecule has 1 aliphatic rings. The lowest BCUT2D eigenvalue weighted by atomic mass is 10.3. The Bertz CT molecular complexity index is 203. The van der Waals surface area contributed by atoms with Gasteiger partial charge in [0, 0.05) is 18.9 Å². The standard InChI is InChI=1S/C8H14N2O2/c1-3-9-4-5-10(6-9)7(2)8(11)12/h4-5,7H,3,6H2,1-2H3,(H,11,12). The molecule has 0 bridgehead atoms. The summed E-state index contributed by atoms with van der Waals surface area (Å²) in [7, 11) is 0. The maximum Gasteiger partial charge on any atom is 0.326 e. The summed E-state index contributed by atoms with van der Waals surface area (Å²) in [5, 5.41) is 8.71. The van der Waals surface area contributed by atoms with Crippen molar-refractivity contribution in [3.8, 4) is 0 Å². The van der Waals surface area contributed by atoms with E-state index in [2.05, 4.69) is 4.90 Å². The molecular weight excluding hydrogens is 156 g/mol. The molecule has 0 aromatic carbocycles. The maximum atomic E-state index is 10.6. The number of hydrogen-bond donors (Lipinski definition) is 1. The molecule has 1 rings (SSSR count). The second-order valence-corrected chi connectivity index (χ2v) is 2.87. The third-order valence-electron chi connectivity index (χ3n) is 2.07. The van der Waals surface area contributed by atoms with Gasteiger partial charge in [-0.3, -0.25) is 0 Å². The highest BCUT2D eigenvalue weighted by Gasteiger charge is 2.21.